The van der Waals surface area contributed by atoms with Gasteiger partial charge in [0.05, 0.1) is 0 Å². The van der Waals surface area contributed by atoms with Crippen LogP contribution in [0.5, 0.6) is 0 Å². The molecule has 0 heterocycles. The van der Waals surface area contributed by atoms with Gasteiger partial charge in [0, 0.05) is 5.88 Å². The molecule has 19 heavy (non-hydrogen) atoms. The van der Waals surface area contributed by atoms with E-state index >= 15 is 0 Å². The first kappa shape index (κ1) is 16.5. The van der Waals surface area contributed by atoms with Gasteiger partial charge >= 0.3 is 0 Å². The van der Waals surface area contributed by atoms with E-state index in [1.54, 1.807) is 0 Å². The molecular weight excluding hydrogens is 259 g/mol. The highest BCUT2D eigenvalue weighted by Crippen LogP contribution is 2.25. The van der Waals surface area contributed by atoms with Crippen LogP contribution >= 0.6 is 11.6 Å². The average Bonchev–Trinajstić information content (AvgIpc) is 2.44. The molecular formula is C17H26ClF. The number of hydrogen-bond donors (Lipinski definition) is 0. The van der Waals surface area contributed by atoms with Gasteiger partial charge in [-0.2, -0.15) is 0 Å². The maximum atomic E-state index is 12.9. The zero-order chi connectivity index (χ0) is 14.1. The van der Waals surface area contributed by atoms with Gasteiger partial charge in [-0.1, -0.05) is 51.7 Å². The minimum Gasteiger partial charge on any atom is -0.207 e. The van der Waals surface area contributed by atoms with Crippen LogP contribution in [0.25, 0.3) is 0 Å². The number of unbranched alkanes of at least 4 members (excludes halogenated alkanes) is 1. The second kappa shape index (κ2) is 9.36. The molecule has 0 nitrogen and oxygen atoms in total. The van der Waals surface area contributed by atoms with E-state index in [0.29, 0.717) is 11.8 Å². The van der Waals surface area contributed by atoms with Crippen molar-refractivity contribution in [2.45, 2.75) is 52.4 Å². The van der Waals surface area contributed by atoms with Crippen molar-refractivity contribution in [2.24, 2.45) is 11.8 Å². The Hall–Kier alpha value is -0.560. The minimum atomic E-state index is -0.166. The van der Waals surface area contributed by atoms with Crippen molar-refractivity contribution in [3.63, 3.8) is 0 Å². The van der Waals surface area contributed by atoms with Crippen LogP contribution in [-0.4, -0.2) is 5.88 Å². The third kappa shape index (κ3) is 6.42. The molecule has 0 aliphatic rings. The van der Waals surface area contributed by atoms with E-state index in [1.165, 1.54) is 49.8 Å². The van der Waals surface area contributed by atoms with E-state index < -0.39 is 0 Å². The molecule has 0 fully saturated rings. The van der Waals surface area contributed by atoms with Crippen molar-refractivity contribution in [2.75, 3.05) is 5.88 Å². The van der Waals surface area contributed by atoms with E-state index in [0.717, 1.165) is 12.3 Å². The van der Waals surface area contributed by atoms with Gasteiger partial charge in [-0.3, -0.25) is 0 Å². The van der Waals surface area contributed by atoms with Gasteiger partial charge in [0.1, 0.15) is 5.82 Å². The molecule has 0 saturated carbocycles. The molecule has 1 aromatic carbocycles. The van der Waals surface area contributed by atoms with Gasteiger partial charge in [0.2, 0.25) is 0 Å². The second-order valence-electron chi connectivity index (χ2n) is 5.50. The third-order valence-electron chi connectivity index (χ3n) is 3.87. The zero-order valence-corrected chi connectivity index (χ0v) is 12.9. The van der Waals surface area contributed by atoms with Crippen LogP contribution in [0.15, 0.2) is 24.3 Å². The summed E-state index contributed by atoms with van der Waals surface area (Å²) in [4.78, 5) is 0. The summed E-state index contributed by atoms with van der Waals surface area (Å²) in [7, 11) is 0. The Kier molecular flexibility index (Phi) is 8.13. The predicted molar refractivity (Wildman–Crippen MR) is 82.2 cm³/mol. The minimum absolute atomic E-state index is 0.166. The zero-order valence-electron chi connectivity index (χ0n) is 12.2. The number of benzene rings is 1. The van der Waals surface area contributed by atoms with E-state index in [2.05, 4.69) is 13.8 Å². The van der Waals surface area contributed by atoms with E-state index in [4.69, 9.17) is 11.6 Å². The molecule has 2 atom stereocenters. The predicted octanol–water partition coefficient (Wildman–Crippen LogP) is 5.83. The Morgan fingerprint density at radius 1 is 1.11 bits per heavy atom. The van der Waals surface area contributed by atoms with Gasteiger partial charge in [-0.25, -0.2) is 4.39 Å². The summed E-state index contributed by atoms with van der Waals surface area (Å²) in [6, 6.07) is 6.83. The fourth-order valence-corrected chi connectivity index (χ4v) is 2.84. The van der Waals surface area contributed by atoms with Gasteiger partial charge in [-0.15, -0.1) is 11.6 Å². The summed E-state index contributed by atoms with van der Waals surface area (Å²) >= 11 is 6.11. The van der Waals surface area contributed by atoms with Crippen LogP contribution in [0.1, 0.15) is 51.5 Å². The highest BCUT2D eigenvalue weighted by atomic mass is 35.5. The molecule has 0 bridgehead atoms. The Morgan fingerprint density at radius 2 is 1.79 bits per heavy atom. The summed E-state index contributed by atoms with van der Waals surface area (Å²) < 4.78 is 12.9. The van der Waals surface area contributed by atoms with Crippen molar-refractivity contribution >= 4 is 11.6 Å². The van der Waals surface area contributed by atoms with Crippen LogP contribution in [0, 0.1) is 17.7 Å². The van der Waals surface area contributed by atoms with Gasteiger partial charge < -0.3 is 0 Å². The lowest BCUT2D eigenvalue weighted by molar-refractivity contribution is 0.353. The number of halogens is 2. The Labute approximate surface area is 122 Å². The van der Waals surface area contributed by atoms with E-state index in [9.17, 15) is 4.39 Å². The van der Waals surface area contributed by atoms with Crippen molar-refractivity contribution in [3.8, 4) is 0 Å². The molecule has 2 heteroatoms. The molecule has 0 spiro atoms. The van der Waals surface area contributed by atoms with Crippen molar-refractivity contribution in [1.82, 2.24) is 0 Å². The Morgan fingerprint density at radius 3 is 2.32 bits per heavy atom. The molecule has 0 radical (unpaired) electrons. The van der Waals surface area contributed by atoms with Crippen LogP contribution < -0.4 is 0 Å². The maximum absolute atomic E-state index is 12.9. The monoisotopic (exact) mass is 284 g/mol. The van der Waals surface area contributed by atoms with Crippen LogP contribution in [0.2, 0.25) is 0 Å². The lowest BCUT2D eigenvalue weighted by atomic mass is 9.86. The van der Waals surface area contributed by atoms with E-state index in [1.807, 2.05) is 12.1 Å². The summed E-state index contributed by atoms with van der Waals surface area (Å²) in [6.45, 7) is 4.51. The highest BCUT2D eigenvalue weighted by molar-refractivity contribution is 6.18. The fraction of sp³-hybridized carbons (Fsp3) is 0.647. The third-order valence-corrected chi connectivity index (χ3v) is 4.30. The Balaban J connectivity index is 2.49. The summed E-state index contributed by atoms with van der Waals surface area (Å²) in [5.74, 6) is 1.82. The molecule has 108 valence electrons. The Bertz CT molecular complexity index is 334. The molecule has 1 rings (SSSR count). The SMILES string of the molecule is CCCCC(CC)CC(CCl)Cc1ccc(F)cc1. The first-order chi connectivity index (χ1) is 9.19. The average molecular weight is 285 g/mol. The lowest BCUT2D eigenvalue weighted by Crippen LogP contribution is -2.13. The number of rotatable bonds is 9. The van der Waals surface area contributed by atoms with E-state index in [-0.39, 0.29) is 5.82 Å². The fourth-order valence-electron chi connectivity index (χ4n) is 2.61. The molecule has 0 N–H and O–H groups in total. The number of hydrogen-bond acceptors (Lipinski definition) is 0. The topological polar surface area (TPSA) is 0 Å². The van der Waals surface area contributed by atoms with Crippen molar-refractivity contribution in [3.05, 3.63) is 35.6 Å². The standard InChI is InChI=1S/C17H26ClF/c1-3-5-6-14(4-2)11-16(13-18)12-15-7-9-17(19)10-8-15/h7-10,14,16H,3-6,11-13H2,1-2H3. The largest absolute Gasteiger partial charge is 0.207 e. The molecule has 0 saturated heterocycles. The van der Waals surface area contributed by atoms with Crippen molar-refractivity contribution < 1.29 is 4.39 Å². The highest BCUT2D eigenvalue weighted by Gasteiger charge is 2.15. The second-order valence-corrected chi connectivity index (χ2v) is 5.81. The summed E-state index contributed by atoms with van der Waals surface area (Å²) in [6.07, 6.45) is 7.27. The van der Waals surface area contributed by atoms with Gasteiger partial charge in [0.25, 0.3) is 0 Å². The first-order valence-electron chi connectivity index (χ1n) is 7.49. The quantitative estimate of drug-likeness (QED) is 0.501. The number of alkyl halides is 1. The molecule has 1 aromatic rings. The smallest absolute Gasteiger partial charge is 0.123 e. The van der Waals surface area contributed by atoms with Gasteiger partial charge in [0.15, 0.2) is 0 Å². The maximum Gasteiger partial charge on any atom is 0.123 e. The molecule has 0 amide bonds. The molecule has 0 aliphatic carbocycles. The van der Waals surface area contributed by atoms with Crippen LogP contribution in [0.3, 0.4) is 0 Å². The lowest BCUT2D eigenvalue weighted by Gasteiger charge is -2.21. The summed E-state index contributed by atoms with van der Waals surface area (Å²) in [5, 5.41) is 0. The summed E-state index contributed by atoms with van der Waals surface area (Å²) in [5.41, 5.74) is 1.19. The van der Waals surface area contributed by atoms with Crippen molar-refractivity contribution in [1.29, 1.82) is 0 Å². The molecule has 2 unspecified atom stereocenters. The molecule has 0 aromatic heterocycles. The molecule has 0 aliphatic heterocycles. The van der Waals surface area contributed by atoms with Gasteiger partial charge in [-0.05, 0) is 42.4 Å². The van der Waals surface area contributed by atoms with Crippen LogP contribution in [0.4, 0.5) is 4.39 Å². The van der Waals surface area contributed by atoms with Crippen LogP contribution in [-0.2, 0) is 6.42 Å². The first-order valence-corrected chi connectivity index (χ1v) is 8.03. The normalized spacial score (nSPS) is 14.3.